The molecule has 38 heavy (non-hydrogen) atoms. The van der Waals surface area contributed by atoms with Crippen LogP contribution in [0.4, 0.5) is 5.69 Å². The summed E-state index contributed by atoms with van der Waals surface area (Å²) in [6.07, 6.45) is 4.74. The van der Waals surface area contributed by atoms with Gasteiger partial charge < -0.3 is 20.5 Å². The van der Waals surface area contributed by atoms with Crippen LogP contribution in [0.1, 0.15) is 29.9 Å². The van der Waals surface area contributed by atoms with Crippen LogP contribution in [0.15, 0.2) is 36.8 Å². The van der Waals surface area contributed by atoms with Gasteiger partial charge in [-0.3, -0.25) is 19.5 Å². The highest BCUT2D eigenvalue weighted by Gasteiger charge is 2.29. The van der Waals surface area contributed by atoms with E-state index >= 15 is 0 Å². The van der Waals surface area contributed by atoms with Crippen LogP contribution in [0.3, 0.4) is 0 Å². The SMILES string of the molecule is COc1ncccc1-c1sc2c(C(N)=O)cnn2c1-c1cc(NC(=O)CN2CCOC(C)(C)C2)cnc1C. The first-order valence-corrected chi connectivity index (χ1v) is 12.9. The van der Waals surface area contributed by atoms with Crippen molar-refractivity contribution < 1.29 is 19.1 Å². The summed E-state index contributed by atoms with van der Waals surface area (Å²) in [6.45, 7) is 8.11. The Morgan fingerprint density at radius 3 is 2.82 bits per heavy atom. The van der Waals surface area contributed by atoms with Crippen LogP contribution in [-0.2, 0) is 9.53 Å². The largest absolute Gasteiger partial charge is 0.481 e. The van der Waals surface area contributed by atoms with Crippen molar-refractivity contribution >= 4 is 33.7 Å². The van der Waals surface area contributed by atoms with Crippen LogP contribution in [-0.4, -0.2) is 75.2 Å². The maximum atomic E-state index is 12.9. The number of ether oxygens (including phenoxy) is 2. The van der Waals surface area contributed by atoms with Gasteiger partial charge in [0, 0.05) is 30.5 Å². The van der Waals surface area contributed by atoms with Crippen LogP contribution in [0.2, 0.25) is 0 Å². The molecule has 198 valence electrons. The third-order valence-corrected chi connectivity index (χ3v) is 7.53. The van der Waals surface area contributed by atoms with E-state index < -0.39 is 5.91 Å². The lowest BCUT2D eigenvalue weighted by molar-refractivity contribution is -0.122. The molecule has 0 radical (unpaired) electrons. The fourth-order valence-corrected chi connectivity index (χ4v) is 5.88. The number of carbonyl (C=O) groups excluding carboxylic acids is 2. The molecule has 0 aliphatic carbocycles. The van der Waals surface area contributed by atoms with E-state index in [0.717, 1.165) is 21.7 Å². The number of pyridine rings is 2. The lowest BCUT2D eigenvalue weighted by Gasteiger charge is -2.37. The van der Waals surface area contributed by atoms with E-state index in [0.29, 0.717) is 47.4 Å². The molecule has 0 aromatic carbocycles. The molecule has 1 fully saturated rings. The summed E-state index contributed by atoms with van der Waals surface area (Å²) in [4.78, 5) is 37.4. The molecule has 0 bridgehead atoms. The molecule has 11 nitrogen and oxygen atoms in total. The van der Waals surface area contributed by atoms with Crippen molar-refractivity contribution in [1.29, 1.82) is 0 Å². The minimum Gasteiger partial charge on any atom is -0.481 e. The first-order valence-electron chi connectivity index (χ1n) is 12.1. The molecule has 1 saturated heterocycles. The predicted molar refractivity (Wildman–Crippen MR) is 144 cm³/mol. The maximum Gasteiger partial charge on any atom is 0.253 e. The van der Waals surface area contributed by atoms with Crippen LogP contribution in [0, 0.1) is 6.92 Å². The summed E-state index contributed by atoms with van der Waals surface area (Å²) in [5.41, 5.74) is 9.08. The van der Waals surface area contributed by atoms with Gasteiger partial charge >= 0.3 is 0 Å². The van der Waals surface area contributed by atoms with Crippen LogP contribution < -0.4 is 15.8 Å². The molecular formula is C26H29N7O4S. The Hall–Kier alpha value is -3.87. The molecule has 4 aromatic rings. The Morgan fingerprint density at radius 1 is 1.26 bits per heavy atom. The van der Waals surface area contributed by atoms with E-state index in [1.165, 1.54) is 17.5 Å². The number of hydrogen-bond donors (Lipinski definition) is 2. The molecular weight excluding hydrogens is 506 g/mol. The van der Waals surface area contributed by atoms with Gasteiger partial charge in [0.05, 0.1) is 65.6 Å². The number of nitrogens with one attached hydrogen (secondary N) is 1. The van der Waals surface area contributed by atoms with E-state index in [9.17, 15) is 9.59 Å². The van der Waals surface area contributed by atoms with Crippen molar-refractivity contribution in [2.24, 2.45) is 5.73 Å². The standard InChI is InChI=1S/C26H29N7O4S/c1-15-18(10-16(11-29-15)31-20(34)13-32-8-9-37-26(2,3)14-32)21-22(17-6-5-7-28-24(17)36-4)38-25-19(23(27)35)12-30-33(21)25/h5-7,10-12H,8-9,13-14H2,1-4H3,(H2,27,35)(H,31,34). The Balaban J connectivity index is 1.55. The number of hydrogen-bond acceptors (Lipinski definition) is 9. The van der Waals surface area contributed by atoms with E-state index in [1.807, 2.05) is 39.0 Å². The number of nitrogens with two attached hydrogens (primary N) is 1. The number of amides is 2. The number of anilines is 1. The maximum absolute atomic E-state index is 12.9. The second kappa shape index (κ2) is 10.1. The number of fused-ring (bicyclic) bond motifs is 1. The summed E-state index contributed by atoms with van der Waals surface area (Å²) >= 11 is 1.36. The highest BCUT2D eigenvalue weighted by molar-refractivity contribution is 7.21. The summed E-state index contributed by atoms with van der Waals surface area (Å²) in [5, 5.41) is 7.45. The molecule has 0 spiro atoms. The molecule has 0 atom stereocenters. The summed E-state index contributed by atoms with van der Waals surface area (Å²) < 4.78 is 12.9. The van der Waals surface area contributed by atoms with Gasteiger partial charge in [-0.2, -0.15) is 5.10 Å². The molecule has 1 aliphatic rings. The highest BCUT2D eigenvalue weighted by Crippen LogP contribution is 2.44. The van der Waals surface area contributed by atoms with Crippen LogP contribution >= 0.6 is 11.3 Å². The number of morpholine rings is 1. The van der Waals surface area contributed by atoms with E-state index in [4.69, 9.17) is 15.2 Å². The Labute approximate surface area is 223 Å². The minimum absolute atomic E-state index is 0.140. The number of methoxy groups -OCH3 is 1. The van der Waals surface area contributed by atoms with Gasteiger partial charge in [0.1, 0.15) is 4.83 Å². The minimum atomic E-state index is -0.570. The molecule has 2 amide bonds. The third-order valence-electron chi connectivity index (χ3n) is 6.32. The molecule has 0 unspecified atom stereocenters. The van der Waals surface area contributed by atoms with Crippen molar-refractivity contribution in [3.8, 4) is 27.6 Å². The fourth-order valence-electron chi connectivity index (χ4n) is 4.64. The van der Waals surface area contributed by atoms with Gasteiger partial charge in [0.15, 0.2) is 0 Å². The molecule has 3 N–H and O–H groups in total. The topological polar surface area (TPSA) is 137 Å². The van der Waals surface area contributed by atoms with Crippen molar-refractivity contribution in [3.63, 3.8) is 0 Å². The van der Waals surface area contributed by atoms with Gasteiger partial charge in [-0.15, -0.1) is 11.3 Å². The quantitative estimate of drug-likeness (QED) is 0.369. The number of thiazole rings is 1. The molecule has 4 aromatic heterocycles. The van der Waals surface area contributed by atoms with Gasteiger partial charge in [0.2, 0.25) is 11.8 Å². The summed E-state index contributed by atoms with van der Waals surface area (Å²) in [7, 11) is 1.55. The van der Waals surface area contributed by atoms with Gasteiger partial charge in [-0.1, -0.05) is 0 Å². The zero-order valence-corrected chi connectivity index (χ0v) is 22.5. The second-order valence-electron chi connectivity index (χ2n) is 9.70. The van der Waals surface area contributed by atoms with Gasteiger partial charge in [0.25, 0.3) is 5.91 Å². The van der Waals surface area contributed by atoms with Crippen LogP contribution in [0.5, 0.6) is 5.88 Å². The van der Waals surface area contributed by atoms with Crippen LogP contribution in [0.25, 0.3) is 26.5 Å². The normalized spacial score (nSPS) is 15.5. The Morgan fingerprint density at radius 2 is 2.08 bits per heavy atom. The second-order valence-corrected chi connectivity index (χ2v) is 10.7. The van der Waals surface area contributed by atoms with Gasteiger partial charge in [-0.25, -0.2) is 9.50 Å². The molecule has 0 saturated carbocycles. The summed E-state index contributed by atoms with van der Waals surface area (Å²) in [5.74, 6) is -0.277. The molecule has 5 heterocycles. The van der Waals surface area contributed by atoms with Gasteiger partial charge in [-0.05, 0) is 39.0 Å². The number of primary amides is 1. The van der Waals surface area contributed by atoms with E-state index in [-0.39, 0.29) is 18.1 Å². The number of aromatic nitrogens is 4. The smallest absolute Gasteiger partial charge is 0.253 e. The Bertz CT molecular complexity index is 1530. The number of nitrogens with zero attached hydrogens (tertiary/aromatic N) is 5. The highest BCUT2D eigenvalue weighted by atomic mass is 32.1. The zero-order chi connectivity index (χ0) is 27.0. The summed E-state index contributed by atoms with van der Waals surface area (Å²) in [6, 6.07) is 5.57. The average molecular weight is 536 g/mol. The Kier molecular flexibility index (Phi) is 6.86. The first-order chi connectivity index (χ1) is 18.2. The average Bonchev–Trinajstić information content (AvgIpc) is 3.44. The third kappa shape index (κ3) is 4.97. The number of carbonyl (C=O) groups is 2. The first kappa shape index (κ1) is 25.8. The lowest BCUT2D eigenvalue weighted by atomic mass is 10.1. The number of rotatable bonds is 7. The zero-order valence-electron chi connectivity index (χ0n) is 21.6. The molecule has 5 rings (SSSR count). The number of aryl methyl sites for hydroxylation is 1. The van der Waals surface area contributed by atoms with Crippen molar-refractivity contribution in [1.82, 2.24) is 24.5 Å². The van der Waals surface area contributed by atoms with E-state index in [1.54, 1.807) is 24.0 Å². The monoisotopic (exact) mass is 535 g/mol. The van der Waals surface area contributed by atoms with E-state index in [2.05, 4.69) is 25.3 Å². The molecule has 12 heteroatoms. The molecule has 1 aliphatic heterocycles. The van der Waals surface area contributed by atoms with Crippen molar-refractivity contribution in [2.75, 3.05) is 38.7 Å². The van der Waals surface area contributed by atoms with Crippen molar-refractivity contribution in [2.45, 2.75) is 26.4 Å². The van der Waals surface area contributed by atoms with Crippen molar-refractivity contribution in [3.05, 3.63) is 48.0 Å². The fraction of sp³-hybridized carbons (Fsp3) is 0.346. The lowest BCUT2D eigenvalue weighted by Crippen LogP contribution is -2.50. The predicted octanol–water partition coefficient (Wildman–Crippen LogP) is 2.99.